The van der Waals surface area contributed by atoms with Crippen molar-refractivity contribution in [1.82, 2.24) is 4.98 Å². The fraction of sp³-hybridized carbons (Fsp3) is 0.0714. The third-order valence-electron chi connectivity index (χ3n) is 3.06. The van der Waals surface area contributed by atoms with E-state index < -0.39 is 0 Å². The maximum atomic E-state index is 12.3. The third-order valence-corrected chi connectivity index (χ3v) is 3.78. The van der Waals surface area contributed by atoms with E-state index in [4.69, 9.17) is 11.6 Å². The summed E-state index contributed by atoms with van der Waals surface area (Å²) >= 11 is 9.06. The lowest BCUT2D eigenvalue weighted by Crippen LogP contribution is -2.28. The fourth-order valence-electron chi connectivity index (χ4n) is 2.17. The molecule has 0 saturated heterocycles. The van der Waals surface area contributed by atoms with Gasteiger partial charge in [-0.3, -0.25) is 14.5 Å². The van der Waals surface area contributed by atoms with Gasteiger partial charge in [-0.2, -0.15) is 0 Å². The number of benzene rings is 1. The first-order valence-corrected chi connectivity index (χ1v) is 7.39. The summed E-state index contributed by atoms with van der Waals surface area (Å²) in [6.07, 6.45) is 1.56. The number of hydrogen-bond acceptors (Lipinski definition) is 3. The molecule has 106 valence electrons. The molecule has 1 aliphatic heterocycles. The molecule has 0 atom stereocenters. The SMILES string of the molecule is O=C1Nc2cccnc2N(C(=O)CCl)c2cc(Br)ccc21. The highest BCUT2D eigenvalue weighted by atomic mass is 79.9. The van der Waals surface area contributed by atoms with Crippen molar-refractivity contribution in [2.45, 2.75) is 0 Å². The van der Waals surface area contributed by atoms with Crippen LogP contribution >= 0.6 is 27.5 Å². The molecule has 0 spiro atoms. The highest BCUT2D eigenvalue weighted by Gasteiger charge is 2.29. The molecule has 21 heavy (non-hydrogen) atoms. The monoisotopic (exact) mass is 365 g/mol. The number of alkyl halides is 1. The summed E-state index contributed by atoms with van der Waals surface area (Å²) in [5.41, 5.74) is 1.30. The molecule has 0 aliphatic carbocycles. The lowest BCUT2D eigenvalue weighted by molar-refractivity contribution is -0.115. The lowest BCUT2D eigenvalue weighted by atomic mass is 10.1. The zero-order valence-electron chi connectivity index (χ0n) is 10.6. The molecule has 1 aromatic heterocycles. The predicted octanol–water partition coefficient (Wildman–Crippen LogP) is 3.31. The second-order valence-electron chi connectivity index (χ2n) is 4.35. The predicted molar refractivity (Wildman–Crippen MR) is 84.2 cm³/mol. The number of fused-ring (bicyclic) bond motifs is 2. The molecule has 0 unspecified atom stereocenters. The number of carbonyl (C=O) groups excluding carboxylic acids is 2. The topological polar surface area (TPSA) is 62.3 Å². The molecule has 5 nitrogen and oxygen atoms in total. The van der Waals surface area contributed by atoms with Gasteiger partial charge in [0, 0.05) is 10.7 Å². The Morgan fingerprint density at radius 1 is 1.38 bits per heavy atom. The number of aromatic nitrogens is 1. The van der Waals surface area contributed by atoms with Crippen LogP contribution in [0.3, 0.4) is 0 Å². The minimum Gasteiger partial charge on any atom is -0.319 e. The van der Waals surface area contributed by atoms with Gasteiger partial charge in [0.25, 0.3) is 5.91 Å². The molecule has 2 amide bonds. The molecular weight excluding hydrogens is 358 g/mol. The standard InChI is InChI=1S/C14H9BrClN3O2/c15-8-3-4-9-11(6-8)19(12(20)7-16)13-10(18-14(9)21)2-1-5-17-13/h1-6H,7H2,(H,18,21). The molecule has 7 heteroatoms. The first-order valence-electron chi connectivity index (χ1n) is 6.06. The molecule has 1 aliphatic rings. The van der Waals surface area contributed by atoms with Crippen molar-refractivity contribution in [3.63, 3.8) is 0 Å². The normalized spacial score (nSPS) is 13.0. The van der Waals surface area contributed by atoms with Gasteiger partial charge < -0.3 is 5.32 Å². The van der Waals surface area contributed by atoms with Crippen LogP contribution in [0.5, 0.6) is 0 Å². The maximum absolute atomic E-state index is 12.3. The number of halogens is 2. The number of hydrogen-bond donors (Lipinski definition) is 1. The summed E-state index contributed by atoms with van der Waals surface area (Å²) < 4.78 is 0.751. The van der Waals surface area contributed by atoms with Gasteiger partial charge in [0.2, 0.25) is 5.91 Å². The molecule has 2 aromatic rings. The van der Waals surface area contributed by atoms with E-state index >= 15 is 0 Å². The number of nitrogens with zero attached hydrogens (tertiary/aromatic N) is 2. The minimum atomic E-state index is -0.354. The van der Waals surface area contributed by atoms with Crippen LogP contribution in [0.15, 0.2) is 41.0 Å². The van der Waals surface area contributed by atoms with Crippen LogP contribution in [0.4, 0.5) is 17.2 Å². The lowest BCUT2D eigenvalue weighted by Gasteiger charge is -2.21. The van der Waals surface area contributed by atoms with Crippen molar-refractivity contribution in [2.24, 2.45) is 0 Å². The molecule has 0 radical (unpaired) electrons. The van der Waals surface area contributed by atoms with E-state index in [2.05, 4.69) is 26.2 Å². The summed E-state index contributed by atoms with van der Waals surface area (Å²) in [4.78, 5) is 30.1. The third kappa shape index (κ3) is 2.41. The Kier molecular flexibility index (Phi) is 3.65. The Hall–Kier alpha value is -1.92. The number of pyridine rings is 1. The summed E-state index contributed by atoms with van der Waals surface area (Å²) in [7, 11) is 0. The van der Waals surface area contributed by atoms with Gasteiger partial charge in [0.15, 0.2) is 5.82 Å². The Morgan fingerprint density at radius 2 is 2.19 bits per heavy atom. The fourth-order valence-corrected chi connectivity index (χ4v) is 2.64. The van der Waals surface area contributed by atoms with E-state index in [0.717, 1.165) is 4.47 Å². The van der Waals surface area contributed by atoms with Crippen molar-refractivity contribution in [1.29, 1.82) is 0 Å². The summed E-state index contributed by atoms with van der Waals surface area (Å²) in [6, 6.07) is 8.47. The summed E-state index contributed by atoms with van der Waals surface area (Å²) in [5.74, 6) is -0.506. The number of anilines is 3. The number of carbonyl (C=O) groups is 2. The summed E-state index contributed by atoms with van der Waals surface area (Å²) in [5, 5.41) is 2.75. The Bertz CT molecular complexity index is 751. The number of rotatable bonds is 1. The molecule has 1 N–H and O–H groups in total. The first-order chi connectivity index (χ1) is 10.1. The number of amides is 2. The van der Waals surface area contributed by atoms with Gasteiger partial charge in [0.1, 0.15) is 5.88 Å². The molecular formula is C14H9BrClN3O2. The zero-order valence-corrected chi connectivity index (χ0v) is 13.0. The van der Waals surface area contributed by atoms with E-state index in [-0.39, 0.29) is 17.7 Å². The highest BCUT2D eigenvalue weighted by Crippen LogP contribution is 2.37. The van der Waals surface area contributed by atoms with Crippen LogP contribution in [0.25, 0.3) is 0 Å². The van der Waals surface area contributed by atoms with E-state index in [1.807, 2.05) is 0 Å². The molecule has 0 fully saturated rings. The Morgan fingerprint density at radius 3 is 2.95 bits per heavy atom. The average Bonchev–Trinajstić information content (AvgIpc) is 2.60. The smallest absolute Gasteiger partial charge is 0.257 e. The first kappa shape index (κ1) is 14.0. The number of nitrogens with one attached hydrogen (secondary N) is 1. The van der Waals surface area contributed by atoms with Gasteiger partial charge in [-0.05, 0) is 30.3 Å². The van der Waals surface area contributed by atoms with Crippen LogP contribution < -0.4 is 10.2 Å². The summed E-state index contributed by atoms with van der Waals surface area (Å²) in [6.45, 7) is 0. The van der Waals surface area contributed by atoms with Crippen LogP contribution in [0, 0.1) is 0 Å². The van der Waals surface area contributed by atoms with Crippen LogP contribution in [-0.4, -0.2) is 22.7 Å². The van der Waals surface area contributed by atoms with Crippen molar-refractivity contribution in [3.05, 3.63) is 46.6 Å². The van der Waals surface area contributed by atoms with Crippen molar-refractivity contribution in [2.75, 3.05) is 16.1 Å². The van der Waals surface area contributed by atoms with Gasteiger partial charge in [-0.1, -0.05) is 15.9 Å². The average molecular weight is 367 g/mol. The quantitative estimate of drug-likeness (QED) is 0.788. The second kappa shape index (κ2) is 5.46. The van der Waals surface area contributed by atoms with Gasteiger partial charge >= 0.3 is 0 Å². The second-order valence-corrected chi connectivity index (χ2v) is 5.54. The van der Waals surface area contributed by atoms with Crippen LogP contribution in [-0.2, 0) is 4.79 Å². The Balaban J connectivity index is 2.31. The van der Waals surface area contributed by atoms with Gasteiger partial charge in [-0.25, -0.2) is 4.98 Å². The highest BCUT2D eigenvalue weighted by molar-refractivity contribution is 9.10. The van der Waals surface area contributed by atoms with Crippen LogP contribution in [0.1, 0.15) is 10.4 Å². The van der Waals surface area contributed by atoms with Gasteiger partial charge in [0.05, 0.1) is 16.9 Å². The van der Waals surface area contributed by atoms with Gasteiger partial charge in [-0.15, -0.1) is 11.6 Å². The van der Waals surface area contributed by atoms with E-state index in [1.54, 1.807) is 36.5 Å². The van der Waals surface area contributed by atoms with Crippen molar-refractivity contribution < 1.29 is 9.59 Å². The zero-order chi connectivity index (χ0) is 15.0. The minimum absolute atomic E-state index is 0.212. The van der Waals surface area contributed by atoms with Crippen LogP contribution in [0.2, 0.25) is 0 Å². The van der Waals surface area contributed by atoms with Crippen molar-refractivity contribution in [3.8, 4) is 0 Å². The van der Waals surface area contributed by atoms with E-state index in [9.17, 15) is 9.59 Å². The van der Waals surface area contributed by atoms with Crippen molar-refractivity contribution >= 4 is 56.5 Å². The molecule has 2 heterocycles. The molecule has 3 rings (SSSR count). The molecule has 1 aromatic carbocycles. The Labute approximate surface area is 134 Å². The largest absolute Gasteiger partial charge is 0.319 e. The van der Waals surface area contributed by atoms with E-state index in [0.29, 0.717) is 22.8 Å². The maximum Gasteiger partial charge on any atom is 0.257 e. The molecule has 0 bridgehead atoms. The van der Waals surface area contributed by atoms with E-state index in [1.165, 1.54) is 4.90 Å². The molecule has 0 saturated carbocycles.